The van der Waals surface area contributed by atoms with Gasteiger partial charge in [0.25, 0.3) is 0 Å². The fraction of sp³-hybridized carbons (Fsp3) is 0.625. The van der Waals surface area contributed by atoms with E-state index in [-0.39, 0.29) is 5.54 Å². The summed E-state index contributed by atoms with van der Waals surface area (Å²) >= 11 is 3.51. The van der Waals surface area contributed by atoms with Crippen LogP contribution in [0.25, 0.3) is 0 Å². The third kappa shape index (κ3) is 2.88. The number of fused-ring (bicyclic) bond motifs is 3. The molecule has 4 rings (SSSR count). The summed E-state index contributed by atoms with van der Waals surface area (Å²) in [6.07, 6.45) is 2.74. The molecule has 3 fully saturated rings. The van der Waals surface area contributed by atoms with Gasteiger partial charge < -0.3 is 10.2 Å². The molecule has 0 saturated carbocycles. The van der Waals surface area contributed by atoms with Crippen LogP contribution in [0.4, 0.5) is 0 Å². The Morgan fingerprint density at radius 2 is 1.79 bits per heavy atom. The first-order valence-corrected chi connectivity index (χ1v) is 8.10. The van der Waals surface area contributed by atoms with Crippen LogP contribution in [0.5, 0.6) is 0 Å². The van der Waals surface area contributed by atoms with Crippen molar-refractivity contribution in [2.75, 3.05) is 19.6 Å². The van der Waals surface area contributed by atoms with Gasteiger partial charge in [-0.15, -0.1) is 0 Å². The van der Waals surface area contributed by atoms with Gasteiger partial charge in [0.05, 0.1) is 0 Å². The SMILES string of the molecule is CC(C)(NC1CN2CCC1CC2)c1ccc(Br)cc1. The molecule has 2 nitrogen and oxygen atoms in total. The maximum Gasteiger partial charge on any atom is 0.0380 e. The van der Waals surface area contributed by atoms with Gasteiger partial charge in [-0.3, -0.25) is 0 Å². The zero-order valence-electron chi connectivity index (χ0n) is 11.8. The van der Waals surface area contributed by atoms with Gasteiger partial charge in [-0.25, -0.2) is 0 Å². The van der Waals surface area contributed by atoms with E-state index in [0.29, 0.717) is 6.04 Å². The highest BCUT2D eigenvalue weighted by Crippen LogP contribution is 2.31. The predicted octanol–water partition coefficient (Wildman–Crippen LogP) is 3.37. The fourth-order valence-electron chi connectivity index (χ4n) is 3.54. The molecule has 3 aliphatic rings. The standard InChI is InChI=1S/C16H23BrN2/c1-16(2,13-3-5-14(17)6-4-13)18-15-11-19-9-7-12(15)8-10-19/h3-6,12,15,18H,7-11H2,1-2H3. The molecule has 1 N–H and O–H groups in total. The summed E-state index contributed by atoms with van der Waals surface area (Å²) in [6, 6.07) is 9.36. The molecule has 0 radical (unpaired) electrons. The van der Waals surface area contributed by atoms with Gasteiger partial charge in [-0.05, 0) is 63.4 Å². The van der Waals surface area contributed by atoms with E-state index in [1.165, 1.54) is 38.0 Å². The van der Waals surface area contributed by atoms with Crippen LogP contribution < -0.4 is 5.32 Å². The van der Waals surface area contributed by atoms with Gasteiger partial charge in [-0.2, -0.15) is 0 Å². The van der Waals surface area contributed by atoms with Crippen molar-refractivity contribution >= 4 is 15.9 Å². The number of benzene rings is 1. The first kappa shape index (κ1) is 13.6. The van der Waals surface area contributed by atoms with Crippen LogP contribution >= 0.6 is 15.9 Å². The number of nitrogens with one attached hydrogen (secondary N) is 1. The van der Waals surface area contributed by atoms with Gasteiger partial charge in [0.15, 0.2) is 0 Å². The minimum atomic E-state index is 0.0456. The Bertz CT molecular complexity index is 433. The summed E-state index contributed by atoms with van der Waals surface area (Å²) in [5.74, 6) is 0.875. The van der Waals surface area contributed by atoms with Crippen LogP contribution in [-0.2, 0) is 5.54 Å². The van der Waals surface area contributed by atoms with E-state index >= 15 is 0 Å². The average Bonchev–Trinajstić information content (AvgIpc) is 2.40. The van der Waals surface area contributed by atoms with Gasteiger partial charge in [0.1, 0.15) is 0 Å². The van der Waals surface area contributed by atoms with Crippen LogP contribution in [0.1, 0.15) is 32.3 Å². The summed E-state index contributed by atoms with van der Waals surface area (Å²) in [5, 5.41) is 3.91. The van der Waals surface area contributed by atoms with E-state index in [1.807, 2.05) is 0 Å². The van der Waals surface area contributed by atoms with E-state index in [4.69, 9.17) is 0 Å². The van der Waals surface area contributed by atoms with Crippen molar-refractivity contribution in [2.45, 2.75) is 38.3 Å². The first-order valence-electron chi connectivity index (χ1n) is 7.31. The summed E-state index contributed by atoms with van der Waals surface area (Å²) in [7, 11) is 0. The maximum absolute atomic E-state index is 3.91. The van der Waals surface area contributed by atoms with Crippen molar-refractivity contribution in [3.8, 4) is 0 Å². The summed E-state index contributed by atoms with van der Waals surface area (Å²) in [6.45, 7) is 8.44. The molecule has 1 atom stereocenters. The third-order valence-electron chi connectivity index (χ3n) is 4.77. The Hall–Kier alpha value is -0.380. The van der Waals surface area contributed by atoms with Gasteiger partial charge in [0.2, 0.25) is 0 Å². The first-order chi connectivity index (χ1) is 9.04. The average molecular weight is 323 g/mol. The Morgan fingerprint density at radius 1 is 1.16 bits per heavy atom. The van der Waals surface area contributed by atoms with Crippen molar-refractivity contribution in [1.82, 2.24) is 10.2 Å². The molecule has 19 heavy (non-hydrogen) atoms. The van der Waals surface area contributed by atoms with Crippen molar-refractivity contribution in [3.05, 3.63) is 34.3 Å². The molecule has 3 aliphatic heterocycles. The van der Waals surface area contributed by atoms with E-state index in [9.17, 15) is 0 Å². The second-order valence-electron chi connectivity index (χ2n) is 6.52. The lowest BCUT2D eigenvalue weighted by molar-refractivity contribution is 0.0584. The van der Waals surface area contributed by atoms with Crippen molar-refractivity contribution in [3.63, 3.8) is 0 Å². The third-order valence-corrected chi connectivity index (χ3v) is 5.30. The molecule has 0 amide bonds. The molecule has 3 saturated heterocycles. The Morgan fingerprint density at radius 3 is 2.32 bits per heavy atom. The van der Waals surface area contributed by atoms with Crippen LogP contribution in [0.3, 0.4) is 0 Å². The molecular formula is C16H23BrN2. The number of hydrogen-bond donors (Lipinski definition) is 1. The minimum absolute atomic E-state index is 0.0456. The zero-order valence-corrected chi connectivity index (χ0v) is 13.4. The number of hydrogen-bond acceptors (Lipinski definition) is 2. The van der Waals surface area contributed by atoms with Gasteiger partial charge in [0, 0.05) is 22.6 Å². The second kappa shape index (κ2) is 5.19. The smallest absolute Gasteiger partial charge is 0.0380 e. The summed E-state index contributed by atoms with van der Waals surface area (Å²) < 4.78 is 1.15. The highest BCUT2D eigenvalue weighted by Gasteiger charge is 2.36. The fourth-order valence-corrected chi connectivity index (χ4v) is 3.81. The zero-order chi connectivity index (χ0) is 13.5. The highest BCUT2D eigenvalue weighted by molar-refractivity contribution is 9.10. The molecule has 1 aromatic carbocycles. The largest absolute Gasteiger partial charge is 0.303 e. The Kier molecular flexibility index (Phi) is 3.71. The molecule has 1 aromatic rings. The van der Waals surface area contributed by atoms with E-state index in [2.05, 4.69) is 64.3 Å². The predicted molar refractivity (Wildman–Crippen MR) is 83.3 cm³/mol. The van der Waals surface area contributed by atoms with Crippen LogP contribution in [0, 0.1) is 5.92 Å². The summed E-state index contributed by atoms with van der Waals surface area (Å²) in [5.41, 5.74) is 1.41. The number of nitrogens with zero attached hydrogens (tertiary/aromatic N) is 1. The molecule has 0 aromatic heterocycles. The van der Waals surface area contributed by atoms with Crippen molar-refractivity contribution in [2.24, 2.45) is 5.92 Å². The van der Waals surface area contributed by atoms with Crippen LogP contribution in [0.2, 0.25) is 0 Å². The van der Waals surface area contributed by atoms with Crippen LogP contribution in [0.15, 0.2) is 28.7 Å². The normalized spacial score (nSPS) is 30.6. The molecular weight excluding hydrogens is 300 g/mol. The topological polar surface area (TPSA) is 15.3 Å². The quantitative estimate of drug-likeness (QED) is 0.917. The lowest BCUT2D eigenvalue weighted by atomic mass is 9.82. The van der Waals surface area contributed by atoms with Gasteiger partial charge in [-0.1, -0.05) is 28.1 Å². The monoisotopic (exact) mass is 322 g/mol. The van der Waals surface area contributed by atoms with Crippen LogP contribution in [-0.4, -0.2) is 30.6 Å². The number of piperidine rings is 3. The molecule has 2 bridgehead atoms. The highest BCUT2D eigenvalue weighted by atomic mass is 79.9. The molecule has 3 heterocycles. The van der Waals surface area contributed by atoms with Crippen molar-refractivity contribution in [1.29, 1.82) is 0 Å². The lowest BCUT2D eigenvalue weighted by Gasteiger charge is -2.48. The number of rotatable bonds is 3. The molecule has 0 spiro atoms. The van der Waals surface area contributed by atoms with E-state index in [1.54, 1.807) is 0 Å². The second-order valence-corrected chi connectivity index (χ2v) is 7.44. The van der Waals surface area contributed by atoms with Gasteiger partial charge >= 0.3 is 0 Å². The Labute approximate surface area is 124 Å². The molecule has 1 unspecified atom stereocenters. The summed E-state index contributed by atoms with van der Waals surface area (Å²) in [4.78, 5) is 2.61. The van der Waals surface area contributed by atoms with E-state index < -0.39 is 0 Å². The van der Waals surface area contributed by atoms with Crippen molar-refractivity contribution < 1.29 is 0 Å². The molecule has 3 heteroatoms. The molecule has 0 aliphatic carbocycles. The lowest BCUT2D eigenvalue weighted by Crippen LogP contribution is -2.59. The Balaban J connectivity index is 1.72. The number of halogens is 1. The van der Waals surface area contributed by atoms with E-state index in [0.717, 1.165) is 10.4 Å². The minimum Gasteiger partial charge on any atom is -0.303 e. The molecule has 104 valence electrons. The maximum atomic E-state index is 3.91.